The normalized spacial score (nSPS) is 13.4. The molecule has 14 heavy (non-hydrogen) atoms. The van der Waals surface area contributed by atoms with E-state index in [-0.39, 0.29) is 0 Å². The van der Waals surface area contributed by atoms with Crippen LogP contribution in [0.1, 0.15) is 11.1 Å². The highest BCUT2D eigenvalue weighted by molar-refractivity contribution is 6.08. The lowest BCUT2D eigenvalue weighted by atomic mass is 10.1. The SMILES string of the molecule is c1ccc2c(c1)oc1ccc3c(c12)C3. The molecule has 0 spiro atoms. The molecule has 3 aromatic rings. The lowest BCUT2D eigenvalue weighted by Crippen LogP contribution is -1.64. The van der Waals surface area contributed by atoms with Gasteiger partial charge in [0, 0.05) is 10.8 Å². The van der Waals surface area contributed by atoms with Crippen molar-refractivity contribution in [2.75, 3.05) is 0 Å². The number of furan rings is 1. The van der Waals surface area contributed by atoms with Crippen LogP contribution in [0, 0.1) is 0 Å². The minimum absolute atomic E-state index is 1.00. The van der Waals surface area contributed by atoms with Crippen molar-refractivity contribution in [2.45, 2.75) is 6.42 Å². The van der Waals surface area contributed by atoms with Gasteiger partial charge in [0.1, 0.15) is 11.2 Å². The van der Waals surface area contributed by atoms with E-state index in [2.05, 4.69) is 24.3 Å². The zero-order valence-electron chi connectivity index (χ0n) is 7.58. The van der Waals surface area contributed by atoms with Gasteiger partial charge < -0.3 is 4.42 Å². The summed E-state index contributed by atoms with van der Waals surface area (Å²) in [6.07, 6.45) is 1.15. The monoisotopic (exact) mass is 180 g/mol. The average molecular weight is 180 g/mol. The fourth-order valence-electron chi connectivity index (χ4n) is 2.22. The summed E-state index contributed by atoms with van der Waals surface area (Å²) in [6, 6.07) is 12.5. The zero-order chi connectivity index (χ0) is 9.12. The Balaban J connectivity index is 2.38. The number of hydrogen-bond acceptors (Lipinski definition) is 1. The summed E-state index contributed by atoms with van der Waals surface area (Å²) in [4.78, 5) is 0. The van der Waals surface area contributed by atoms with Crippen LogP contribution >= 0.6 is 0 Å². The van der Waals surface area contributed by atoms with E-state index in [1.165, 1.54) is 21.9 Å². The summed E-state index contributed by atoms with van der Waals surface area (Å²) in [6.45, 7) is 0. The van der Waals surface area contributed by atoms with E-state index in [1.54, 1.807) is 0 Å². The van der Waals surface area contributed by atoms with E-state index in [9.17, 15) is 0 Å². The van der Waals surface area contributed by atoms with Crippen molar-refractivity contribution < 1.29 is 4.42 Å². The molecule has 1 nitrogen and oxygen atoms in total. The van der Waals surface area contributed by atoms with E-state index < -0.39 is 0 Å². The lowest BCUT2D eigenvalue weighted by Gasteiger charge is -1.85. The maximum absolute atomic E-state index is 5.77. The Kier molecular flexibility index (Phi) is 0.954. The molecule has 0 fully saturated rings. The smallest absolute Gasteiger partial charge is 0.135 e. The van der Waals surface area contributed by atoms with E-state index >= 15 is 0 Å². The maximum Gasteiger partial charge on any atom is 0.135 e. The topological polar surface area (TPSA) is 13.1 Å². The second-order valence-electron chi connectivity index (χ2n) is 3.85. The average Bonchev–Trinajstić information content (AvgIpc) is 2.91. The van der Waals surface area contributed by atoms with Gasteiger partial charge in [-0.25, -0.2) is 0 Å². The first-order valence-electron chi connectivity index (χ1n) is 4.85. The molecule has 66 valence electrons. The molecule has 0 unspecified atom stereocenters. The zero-order valence-corrected chi connectivity index (χ0v) is 7.58. The summed E-state index contributed by atoms with van der Waals surface area (Å²) in [5.74, 6) is 0. The van der Waals surface area contributed by atoms with Gasteiger partial charge in [0.25, 0.3) is 0 Å². The predicted molar refractivity (Wildman–Crippen MR) is 56.5 cm³/mol. The molecule has 1 heterocycles. The number of hydrogen-bond donors (Lipinski definition) is 0. The van der Waals surface area contributed by atoms with Crippen LogP contribution in [0.4, 0.5) is 0 Å². The van der Waals surface area contributed by atoms with Crippen LogP contribution in [0.5, 0.6) is 0 Å². The van der Waals surface area contributed by atoms with Gasteiger partial charge in [-0.1, -0.05) is 24.3 Å². The molecule has 0 aliphatic heterocycles. The summed E-state index contributed by atoms with van der Waals surface area (Å²) >= 11 is 0. The Morgan fingerprint density at radius 1 is 0.929 bits per heavy atom. The molecule has 2 aromatic carbocycles. The fourth-order valence-corrected chi connectivity index (χ4v) is 2.22. The van der Waals surface area contributed by atoms with Gasteiger partial charge in [-0.3, -0.25) is 0 Å². The van der Waals surface area contributed by atoms with Crippen LogP contribution in [-0.4, -0.2) is 0 Å². The van der Waals surface area contributed by atoms with Crippen LogP contribution < -0.4 is 0 Å². The Morgan fingerprint density at radius 3 is 2.86 bits per heavy atom. The van der Waals surface area contributed by atoms with Crippen molar-refractivity contribution in [1.82, 2.24) is 0 Å². The number of rotatable bonds is 0. The van der Waals surface area contributed by atoms with Crippen molar-refractivity contribution in [3.05, 3.63) is 47.5 Å². The molecule has 0 amide bonds. The van der Waals surface area contributed by atoms with E-state index in [0.29, 0.717) is 0 Å². The van der Waals surface area contributed by atoms with Crippen LogP contribution in [-0.2, 0) is 6.42 Å². The molecule has 4 rings (SSSR count). The summed E-state index contributed by atoms with van der Waals surface area (Å²) < 4.78 is 5.77. The van der Waals surface area contributed by atoms with Gasteiger partial charge >= 0.3 is 0 Å². The molecule has 1 heteroatoms. The second-order valence-corrected chi connectivity index (χ2v) is 3.85. The maximum atomic E-state index is 5.77. The van der Waals surface area contributed by atoms with Crippen molar-refractivity contribution in [1.29, 1.82) is 0 Å². The molecule has 0 bridgehead atoms. The molecule has 1 aromatic heterocycles. The summed E-state index contributed by atoms with van der Waals surface area (Å²) in [5.41, 5.74) is 4.99. The van der Waals surface area contributed by atoms with Crippen LogP contribution in [0.2, 0.25) is 0 Å². The third-order valence-electron chi connectivity index (χ3n) is 2.99. The van der Waals surface area contributed by atoms with Gasteiger partial charge in [0.2, 0.25) is 0 Å². The van der Waals surface area contributed by atoms with Gasteiger partial charge in [0.05, 0.1) is 0 Å². The third kappa shape index (κ3) is 0.666. The first kappa shape index (κ1) is 6.66. The van der Waals surface area contributed by atoms with Gasteiger partial charge in [-0.05, 0) is 29.7 Å². The summed E-state index contributed by atoms with van der Waals surface area (Å²) in [5, 5.41) is 2.59. The van der Waals surface area contributed by atoms with E-state index in [1.807, 2.05) is 12.1 Å². The van der Waals surface area contributed by atoms with E-state index in [4.69, 9.17) is 4.42 Å². The Labute approximate surface area is 80.9 Å². The molecule has 1 aliphatic carbocycles. The number of fused-ring (bicyclic) bond motifs is 5. The molecule has 0 N–H and O–H groups in total. The lowest BCUT2D eigenvalue weighted by molar-refractivity contribution is 0.669. The third-order valence-corrected chi connectivity index (χ3v) is 2.99. The first-order chi connectivity index (χ1) is 6.93. The standard InChI is InChI=1S/C13H8O/c1-2-4-11-9(3-1)13-10-7-8(10)5-6-12(13)14-11/h1-6H,7H2. The van der Waals surface area contributed by atoms with Crippen molar-refractivity contribution in [3.63, 3.8) is 0 Å². The molecule has 0 saturated carbocycles. The Morgan fingerprint density at radius 2 is 1.86 bits per heavy atom. The quantitative estimate of drug-likeness (QED) is 0.403. The van der Waals surface area contributed by atoms with Gasteiger partial charge in [0.15, 0.2) is 0 Å². The highest BCUT2D eigenvalue weighted by Crippen LogP contribution is 2.40. The highest BCUT2D eigenvalue weighted by atomic mass is 16.3. The van der Waals surface area contributed by atoms with Gasteiger partial charge in [-0.2, -0.15) is 0 Å². The fraction of sp³-hybridized carbons (Fsp3) is 0.0769. The van der Waals surface area contributed by atoms with Crippen molar-refractivity contribution >= 4 is 21.9 Å². The van der Waals surface area contributed by atoms with E-state index in [0.717, 1.165) is 17.6 Å². The summed E-state index contributed by atoms with van der Waals surface area (Å²) in [7, 11) is 0. The molecule has 0 saturated heterocycles. The Hall–Kier alpha value is -1.76. The number of benzene rings is 2. The molecule has 0 radical (unpaired) electrons. The predicted octanol–water partition coefficient (Wildman–Crippen LogP) is 3.49. The minimum Gasteiger partial charge on any atom is -0.456 e. The largest absolute Gasteiger partial charge is 0.456 e. The number of para-hydroxylation sites is 1. The van der Waals surface area contributed by atoms with Gasteiger partial charge in [-0.15, -0.1) is 0 Å². The van der Waals surface area contributed by atoms with Crippen LogP contribution in [0.25, 0.3) is 21.9 Å². The van der Waals surface area contributed by atoms with Crippen molar-refractivity contribution in [2.24, 2.45) is 0 Å². The first-order valence-corrected chi connectivity index (χ1v) is 4.85. The highest BCUT2D eigenvalue weighted by Gasteiger charge is 2.22. The van der Waals surface area contributed by atoms with Crippen LogP contribution in [0.3, 0.4) is 0 Å². The molecular weight excluding hydrogens is 172 g/mol. The van der Waals surface area contributed by atoms with Crippen molar-refractivity contribution in [3.8, 4) is 0 Å². The molecular formula is C13H8O. The molecule has 1 aliphatic rings. The molecule has 0 atom stereocenters. The second kappa shape index (κ2) is 2.01. The minimum atomic E-state index is 1.00. The Bertz CT molecular complexity index is 661. The van der Waals surface area contributed by atoms with Crippen LogP contribution in [0.15, 0.2) is 40.8 Å².